The maximum atomic E-state index is 10.5. The molecule has 1 aromatic heterocycles. The van der Waals surface area contributed by atoms with Gasteiger partial charge in [0.05, 0.1) is 10.6 Å². The molecule has 2 aromatic rings. The van der Waals surface area contributed by atoms with Gasteiger partial charge in [-0.25, -0.2) is 4.98 Å². The van der Waals surface area contributed by atoms with E-state index < -0.39 is 4.92 Å². The molecule has 0 amide bonds. The van der Waals surface area contributed by atoms with Crippen LogP contribution in [-0.4, -0.2) is 9.91 Å². The quantitative estimate of drug-likeness (QED) is 0.368. The number of halogens is 1. The molecule has 2 rings (SSSR count). The lowest BCUT2D eigenvalue weighted by molar-refractivity contribution is -0.384. The van der Waals surface area contributed by atoms with E-state index in [4.69, 9.17) is 11.6 Å². The number of hydrogen-bond acceptors (Lipinski definition) is 4. The molecule has 0 aliphatic carbocycles. The highest BCUT2D eigenvalue weighted by Gasteiger charge is 2.04. The smallest absolute Gasteiger partial charge is 0.258 e. The van der Waals surface area contributed by atoms with Crippen molar-refractivity contribution < 1.29 is 4.92 Å². The molecule has 18 heavy (non-hydrogen) atoms. The van der Waals surface area contributed by atoms with Crippen molar-refractivity contribution in [2.75, 3.05) is 0 Å². The fourth-order valence-electron chi connectivity index (χ4n) is 1.35. The van der Waals surface area contributed by atoms with Crippen molar-refractivity contribution in [2.24, 2.45) is 0 Å². The first-order valence-electron chi connectivity index (χ1n) is 5.14. The van der Waals surface area contributed by atoms with Crippen LogP contribution in [0.1, 0.15) is 5.69 Å². The third kappa shape index (κ3) is 3.45. The summed E-state index contributed by atoms with van der Waals surface area (Å²) in [4.78, 5) is 15.2. The number of rotatable bonds is 4. The van der Waals surface area contributed by atoms with Gasteiger partial charge in [0.1, 0.15) is 5.15 Å². The van der Waals surface area contributed by atoms with E-state index in [1.165, 1.54) is 12.1 Å². The van der Waals surface area contributed by atoms with Crippen LogP contribution in [0.3, 0.4) is 0 Å². The molecule has 4 nitrogen and oxygen atoms in total. The average Bonchev–Trinajstić information content (AvgIpc) is 2.37. The van der Waals surface area contributed by atoms with E-state index in [1.807, 2.05) is 12.1 Å². The minimum Gasteiger partial charge on any atom is -0.258 e. The molecular formula is C12H9ClN2O2S. The number of thioether (sulfide) groups is 1. The molecule has 0 bridgehead atoms. The van der Waals surface area contributed by atoms with Gasteiger partial charge in [-0.2, -0.15) is 0 Å². The SMILES string of the molecule is O=[N+]([O-])c1ccc(SCc2cccc(Cl)n2)cc1. The highest BCUT2D eigenvalue weighted by Crippen LogP contribution is 2.24. The lowest BCUT2D eigenvalue weighted by atomic mass is 10.3. The summed E-state index contributed by atoms with van der Waals surface area (Å²) in [5.74, 6) is 0.679. The van der Waals surface area contributed by atoms with Crippen LogP contribution in [0.4, 0.5) is 5.69 Å². The van der Waals surface area contributed by atoms with Gasteiger partial charge in [-0.3, -0.25) is 10.1 Å². The Morgan fingerprint density at radius 3 is 2.56 bits per heavy atom. The van der Waals surface area contributed by atoms with E-state index >= 15 is 0 Å². The lowest BCUT2D eigenvalue weighted by Crippen LogP contribution is -1.88. The molecule has 0 unspecified atom stereocenters. The molecule has 0 fully saturated rings. The third-order valence-electron chi connectivity index (χ3n) is 2.21. The Labute approximate surface area is 113 Å². The van der Waals surface area contributed by atoms with E-state index in [9.17, 15) is 10.1 Å². The molecule has 92 valence electrons. The van der Waals surface area contributed by atoms with Gasteiger partial charge in [0.25, 0.3) is 5.69 Å². The molecular weight excluding hydrogens is 272 g/mol. The monoisotopic (exact) mass is 280 g/mol. The number of hydrogen-bond donors (Lipinski definition) is 0. The number of nitrogens with zero attached hydrogens (tertiary/aromatic N) is 2. The Hall–Kier alpha value is -1.59. The van der Waals surface area contributed by atoms with E-state index in [0.29, 0.717) is 10.9 Å². The summed E-state index contributed by atoms with van der Waals surface area (Å²) >= 11 is 7.35. The van der Waals surface area contributed by atoms with Crippen molar-refractivity contribution in [3.63, 3.8) is 0 Å². The molecule has 0 N–H and O–H groups in total. The third-order valence-corrected chi connectivity index (χ3v) is 3.46. The standard InChI is InChI=1S/C12H9ClN2O2S/c13-12-3-1-2-9(14-12)8-18-11-6-4-10(5-7-11)15(16)17/h1-7H,8H2. The molecule has 6 heteroatoms. The van der Waals surface area contributed by atoms with Crippen LogP contribution in [0.25, 0.3) is 0 Å². The van der Waals surface area contributed by atoms with Crippen LogP contribution >= 0.6 is 23.4 Å². The number of pyridine rings is 1. The van der Waals surface area contributed by atoms with Crippen molar-refractivity contribution in [3.8, 4) is 0 Å². The lowest BCUT2D eigenvalue weighted by Gasteiger charge is -2.01. The second-order valence-electron chi connectivity index (χ2n) is 3.49. The van der Waals surface area contributed by atoms with Gasteiger partial charge in [-0.05, 0) is 24.3 Å². The first kappa shape index (κ1) is 12.9. The molecule has 0 saturated carbocycles. The molecule has 0 saturated heterocycles. The predicted molar refractivity (Wildman–Crippen MR) is 71.9 cm³/mol. The fraction of sp³-hybridized carbons (Fsp3) is 0.0833. The molecule has 1 aromatic carbocycles. The molecule has 0 radical (unpaired) electrons. The number of nitro benzene ring substituents is 1. The van der Waals surface area contributed by atoms with Crippen molar-refractivity contribution in [3.05, 3.63) is 63.4 Å². The average molecular weight is 281 g/mol. The minimum atomic E-state index is -0.410. The molecule has 0 aliphatic heterocycles. The van der Waals surface area contributed by atoms with Crippen LogP contribution in [0.2, 0.25) is 5.15 Å². The second kappa shape index (κ2) is 5.84. The van der Waals surface area contributed by atoms with Crippen LogP contribution in [0.15, 0.2) is 47.4 Å². The number of non-ortho nitro benzene ring substituents is 1. The van der Waals surface area contributed by atoms with Gasteiger partial charge in [0.15, 0.2) is 0 Å². The van der Waals surface area contributed by atoms with E-state index in [0.717, 1.165) is 10.6 Å². The Morgan fingerprint density at radius 1 is 1.22 bits per heavy atom. The highest BCUT2D eigenvalue weighted by molar-refractivity contribution is 7.98. The first-order chi connectivity index (χ1) is 8.65. The Balaban J connectivity index is 2.00. The van der Waals surface area contributed by atoms with Gasteiger partial charge in [-0.15, -0.1) is 11.8 Å². The largest absolute Gasteiger partial charge is 0.269 e. The van der Waals surface area contributed by atoms with Gasteiger partial charge in [0, 0.05) is 22.8 Å². The van der Waals surface area contributed by atoms with E-state index in [1.54, 1.807) is 30.0 Å². The normalized spacial score (nSPS) is 10.3. The van der Waals surface area contributed by atoms with Crippen molar-refractivity contribution >= 4 is 29.1 Å². The Kier molecular flexibility index (Phi) is 4.17. The second-order valence-corrected chi connectivity index (χ2v) is 4.93. The summed E-state index contributed by atoms with van der Waals surface area (Å²) < 4.78 is 0. The van der Waals surface area contributed by atoms with Gasteiger partial charge >= 0.3 is 0 Å². The summed E-state index contributed by atoms with van der Waals surface area (Å²) in [6.07, 6.45) is 0. The zero-order chi connectivity index (χ0) is 13.0. The van der Waals surface area contributed by atoms with E-state index in [2.05, 4.69) is 4.98 Å². The van der Waals surface area contributed by atoms with Crippen LogP contribution in [-0.2, 0) is 5.75 Å². The van der Waals surface area contributed by atoms with Gasteiger partial charge < -0.3 is 0 Å². The molecule has 0 atom stereocenters. The molecule has 0 spiro atoms. The highest BCUT2D eigenvalue weighted by atomic mass is 35.5. The predicted octanol–water partition coefficient (Wildman–Crippen LogP) is 3.94. The fourth-order valence-corrected chi connectivity index (χ4v) is 2.34. The Morgan fingerprint density at radius 2 is 1.94 bits per heavy atom. The van der Waals surface area contributed by atoms with Crippen LogP contribution < -0.4 is 0 Å². The maximum absolute atomic E-state index is 10.5. The van der Waals surface area contributed by atoms with Crippen molar-refractivity contribution in [1.82, 2.24) is 4.98 Å². The van der Waals surface area contributed by atoms with Gasteiger partial charge in [0.2, 0.25) is 0 Å². The van der Waals surface area contributed by atoms with Crippen LogP contribution in [0.5, 0.6) is 0 Å². The van der Waals surface area contributed by atoms with Crippen molar-refractivity contribution in [1.29, 1.82) is 0 Å². The number of aromatic nitrogens is 1. The molecule has 0 aliphatic rings. The zero-order valence-electron chi connectivity index (χ0n) is 9.25. The minimum absolute atomic E-state index is 0.0974. The Bertz CT molecular complexity index is 560. The number of benzene rings is 1. The number of nitro groups is 1. The summed E-state index contributed by atoms with van der Waals surface area (Å²) in [5, 5.41) is 11.0. The summed E-state index contributed by atoms with van der Waals surface area (Å²) in [6, 6.07) is 11.9. The summed E-state index contributed by atoms with van der Waals surface area (Å²) in [5.41, 5.74) is 0.978. The van der Waals surface area contributed by atoms with Crippen LogP contribution in [0, 0.1) is 10.1 Å². The zero-order valence-corrected chi connectivity index (χ0v) is 10.8. The summed E-state index contributed by atoms with van der Waals surface area (Å²) in [6.45, 7) is 0. The first-order valence-corrected chi connectivity index (χ1v) is 6.50. The molecule has 1 heterocycles. The summed E-state index contributed by atoms with van der Waals surface area (Å²) in [7, 11) is 0. The van der Waals surface area contributed by atoms with Crippen molar-refractivity contribution in [2.45, 2.75) is 10.6 Å². The van der Waals surface area contributed by atoms with E-state index in [-0.39, 0.29) is 5.69 Å². The maximum Gasteiger partial charge on any atom is 0.269 e. The topological polar surface area (TPSA) is 56.0 Å². The van der Waals surface area contributed by atoms with Gasteiger partial charge in [-0.1, -0.05) is 17.7 Å².